The second kappa shape index (κ2) is 9.34. The number of nitrogens with zero attached hydrogens (tertiary/aromatic N) is 2. The van der Waals surface area contributed by atoms with E-state index in [1.165, 1.54) is 35.7 Å². The molecule has 0 bridgehead atoms. The van der Waals surface area contributed by atoms with Gasteiger partial charge in [-0.15, -0.1) is 10.2 Å². The van der Waals surface area contributed by atoms with E-state index in [1.54, 1.807) is 0 Å². The van der Waals surface area contributed by atoms with Crippen molar-refractivity contribution in [1.29, 1.82) is 0 Å². The van der Waals surface area contributed by atoms with E-state index in [1.807, 2.05) is 61.5 Å². The van der Waals surface area contributed by atoms with Crippen LogP contribution in [0.1, 0.15) is 16.4 Å². The van der Waals surface area contributed by atoms with Gasteiger partial charge < -0.3 is 10.6 Å². The third kappa shape index (κ3) is 5.30. The molecule has 3 N–H and O–H groups in total. The lowest BCUT2D eigenvalue weighted by molar-refractivity contribution is -0.119. The summed E-state index contributed by atoms with van der Waals surface area (Å²) in [5, 5.41) is 16.2. The number of aryl methyl sites for hydroxylation is 1. The Balaban J connectivity index is 1.75. The van der Waals surface area contributed by atoms with Crippen LogP contribution >= 0.6 is 23.1 Å². The first kappa shape index (κ1) is 19.8. The number of urea groups is 1. The smallest absolute Gasteiger partial charge is 0.321 e. The van der Waals surface area contributed by atoms with Crippen LogP contribution in [0.25, 0.3) is 0 Å². The van der Waals surface area contributed by atoms with E-state index in [2.05, 4.69) is 26.1 Å². The molecule has 0 spiro atoms. The van der Waals surface area contributed by atoms with E-state index in [-0.39, 0.29) is 0 Å². The van der Waals surface area contributed by atoms with Crippen molar-refractivity contribution in [2.45, 2.75) is 16.5 Å². The highest BCUT2D eigenvalue weighted by Crippen LogP contribution is 2.38. The number of carbonyl (C=O) groups is 2. The van der Waals surface area contributed by atoms with Crippen molar-refractivity contribution >= 4 is 45.9 Å². The normalized spacial score (nSPS) is 11.5. The molecule has 3 aromatic rings. The minimum absolute atomic E-state index is 0.418. The third-order valence-corrected chi connectivity index (χ3v) is 5.91. The Kier molecular flexibility index (Phi) is 6.62. The number of imide groups is 1. The fraction of sp³-hybridized carbons (Fsp3) is 0.158. The number of hydrogen-bond donors (Lipinski definition) is 3. The molecule has 1 aromatic heterocycles. The fourth-order valence-corrected chi connectivity index (χ4v) is 4.27. The number of anilines is 2. The summed E-state index contributed by atoms with van der Waals surface area (Å²) in [4.78, 5) is 24.1. The number of benzene rings is 2. The van der Waals surface area contributed by atoms with Gasteiger partial charge >= 0.3 is 6.03 Å². The third-order valence-electron chi connectivity index (χ3n) is 3.73. The van der Waals surface area contributed by atoms with Crippen LogP contribution in [0.5, 0.6) is 0 Å². The van der Waals surface area contributed by atoms with E-state index < -0.39 is 17.2 Å². The van der Waals surface area contributed by atoms with Gasteiger partial charge in [-0.05, 0) is 24.6 Å². The van der Waals surface area contributed by atoms with Crippen LogP contribution in [0, 0.1) is 6.92 Å². The molecule has 3 rings (SSSR count). The zero-order chi connectivity index (χ0) is 19.9. The molecule has 28 heavy (non-hydrogen) atoms. The Morgan fingerprint density at radius 1 is 1.04 bits per heavy atom. The predicted octanol–water partition coefficient (Wildman–Crippen LogP) is 3.88. The summed E-state index contributed by atoms with van der Waals surface area (Å²) in [6, 6.07) is 16.6. The van der Waals surface area contributed by atoms with Gasteiger partial charge in [-0.2, -0.15) is 0 Å². The van der Waals surface area contributed by atoms with Crippen molar-refractivity contribution in [1.82, 2.24) is 20.8 Å². The van der Waals surface area contributed by atoms with E-state index >= 15 is 0 Å². The second-order valence-corrected chi connectivity index (χ2v) is 8.17. The maximum absolute atomic E-state index is 12.6. The minimum atomic E-state index is -0.626. The standard InChI is InChI=1S/C19H19N5O2S2/c1-12-8-10-14(11-9-12)21-18-23-24-19(28-18)27-15(13-6-4-3-5-7-13)16(25)22-17(26)20-2/h3-11,15H,1-2H3,(H,21,23)(H2,20,22,25,26)/t15-/m0/s1. The summed E-state index contributed by atoms with van der Waals surface area (Å²) in [7, 11) is 1.46. The summed E-state index contributed by atoms with van der Waals surface area (Å²) >= 11 is 2.60. The van der Waals surface area contributed by atoms with Crippen LogP contribution in [0.3, 0.4) is 0 Å². The number of carbonyl (C=O) groups excluding carboxylic acids is 2. The van der Waals surface area contributed by atoms with Gasteiger partial charge in [0, 0.05) is 12.7 Å². The molecule has 144 valence electrons. The largest absolute Gasteiger partial charge is 0.341 e. The van der Waals surface area contributed by atoms with Crippen molar-refractivity contribution in [3.05, 3.63) is 65.7 Å². The molecule has 1 atom stereocenters. The minimum Gasteiger partial charge on any atom is -0.341 e. The Labute approximate surface area is 171 Å². The Morgan fingerprint density at radius 2 is 1.75 bits per heavy atom. The van der Waals surface area contributed by atoms with Crippen LogP contribution in [0.2, 0.25) is 0 Å². The lowest BCUT2D eigenvalue weighted by Gasteiger charge is -2.14. The fourth-order valence-electron chi connectivity index (χ4n) is 2.31. The van der Waals surface area contributed by atoms with Gasteiger partial charge in [-0.25, -0.2) is 4.79 Å². The molecular weight excluding hydrogens is 394 g/mol. The second-order valence-electron chi connectivity index (χ2n) is 5.84. The molecule has 3 amide bonds. The molecule has 1 heterocycles. The quantitative estimate of drug-likeness (QED) is 0.531. The first-order valence-electron chi connectivity index (χ1n) is 8.46. The van der Waals surface area contributed by atoms with E-state index in [0.717, 1.165) is 11.3 Å². The molecular formula is C19H19N5O2S2. The van der Waals surface area contributed by atoms with Crippen LogP contribution in [-0.4, -0.2) is 29.2 Å². The van der Waals surface area contributed by atoms with Crippen LogP contribution in [0.15, 0.2) is 58.9 Å². The molecule has 7 nitrogen and oxygen atoms in total. The molecule has 0 fully saturated rings. The average Bonchev–Trinajstić information content (AvgIpc) is 3.15. The summed E-state index contributed by atoms with van der Waals surface area (Å²) in [6.45, 7) is 2.02. The van der Waals surface area contributed by atoms with Crippen molar-refractivity contribution in [3.63, 3.8) is 0 Å². The lowest BCUT2D eigenvalue weighted by atomic mass is 10.1. The molecule has 0 aliphatic heterocycles. The van der Waals surface area contributed by atoms with Crippen molar-refractivity contribution in [2.75, 3.05) is 12.4 Å². The van der Waals surface area contributed by atoms with Crippen LogP contribution in [0.4, 0.5) is 15.6 Å². The van der Waals surface area contributed by atoms with Crippen LogP contribution in [-0.2, 0) is 4.79 Å². The zero-order valence-electron chi connectivity index (χ0n) is 15.3. The zero-order valence-corrected chi connectivity index (χ0v) is 16.9. The van der Waals surface area contributed by atoms with Gasteiger partial charge in [0.05, 0.1) is 0 Å². The molecule has 9 heteroatoms. The maximum Gasteiger partial charge on any atom is 0.321 e. The van der Waals surface area contributed by atoms with Gasteiger partial charge in [-0.3, -0.25) is 10.1 Å². The van der Waals surface area contributed by atoms with Gasteiger partial charge in [-0.1, -0.05) is 71.1 Å². The number of hydrogen-bond acceptors (Lipinski definition) is 7. The molecule has 0 unspecified atom stereocenters. The first-order chi connectivity index (χ1) is 13.5. The molecule has 0 aliphatic rings. The summed E-state index contributed by atoms with van der Waals surface area (Å²) in [5.41, 5.74) is 2.86. The van der Waals surface area contributed by atoms with Crippen molar-refractivity contribution < 1.29 is 9.59 Å². The molecule has 0 saturated carbocycles. The SMILES string of the molecule is CNC(=O)NC(=O)[C@@H](Sc1nnc(Nc2ccc(C)cc2)s1)c1ccccc1. The highest BCUT2D eigenvalue weighted by atomic mass is 32.2. The van der Waals surface area contributed by atoms with Gasteiger partial charge in [0.2, 0.25) is 11.0 Å². The number of aromatic nitrogens is 2. The number of thioether (sulfide) groups is 1. The Hall–Kier alpha value is -2.91. The van der Waals surface area contributed by atoms with Crippen molar-refractivity contribution in [3.8, 4) is 0 Å². The average molecular weight is 414 g/mol. The molecule has 0 aliphatic carbocycles. The summed E-state index contributed by atoms with van der Waals surface area (Å²) in [6.07, 6.45) is 0. The van der Waals surface area contributed by atoms with Gasteiger partial charge in [0.25, 0.3) is 0 Å². The summed E-state index contributed by atoms with van der Waals surface area (Å²) < 4.78 is 0.621. The monoisotopic (exact) mass is 413 g/mol. The number of amides is 3. The molecule has 0 radical (unpaired) electrons. The van der Waals surface area contributed by atoms with Gasteiger partial charge in [0.15, 0.2) is 4.34 Å². The lowest BCUT2D eigenvalue weighted by Crippen LogP contribution is -2.39. The predicted molar refractivity (Wildman–Crippen MR) is 112 cm³/mol. The first-order valence-corrected chi connectivity index (χ1v) is 10.2. The Bertz CT molecular complexity index is 944. The van der Waals surface area contributed by atoms with Crippen molar-refractivity contribution in [2.24, 2.45) is 0 Å². The van der Waals surface area contributed by atoms with E-state index in [0.29, 0.717) is 9.47 Å². The van der Waals surface area contributed by atoms with Crippen LogP contribution < -0.4 is 16.0 Å². The van der Waals surface area contributed by atoms with E-state index in [9.17, 15) is 9.59 Å². The summed E-state index contributed by atoms with van der Waals surface area (Å²) in [5.74, 6) is -0.418. The number of rotatable bonds is 6. The number of nitrogens with one attached hydrogen (secondary N) is 3. The molecule has 0 saturated heterocycles. The van der Waals surface area contributed by atoms with E-state index in [4.69, 9.17) is 0 Å². The van der Waals surface area contributed by atoms with Gasteiger partial charge in [0.1, 0.15) is 5.25 Å². The molecule has 2 aromatic carbocycles. The topological polar surface area (TPSA) is 96.0 Å². The Morgan fingerprint density at radius 3 is 2.43 bits per heavy atom. The highest BCUT2D eigenvalue weighted by Gasteiger charge is 2.25. The highest BCUT2D eigenvalue weighted by molar-refractivity contribution is 8.01. The maximum atomic E-state index is 12.6.